The zero-order valence-corrected chi connectivity index (χ0v) is 10.1. The van der Waals surface area contributed by atoms with Crippen LogP contribution in [0.5, 0.6) is 0 Å². The van der Waals surface area contributed by atoms with Gasteiger partial charge in [-0.15, -0.1) is 0 Å². The van der Waals surface area contributed by atoms with Crippen molar-refractivity contribution in [3.05, 3.63) is 0 Å². The maximum absolute atomic E-state index is 3.56. The van der Waals surface area contributed by atoms with E-state index in [0.29, 0.717) is 17.6 Å². The molecule has 1 atom stereocenters. The van der Waals surface area contributed by atoms with E-state index in [4.69, 9.17) is 0 Å². The van der Waals surface area contributed by atoms with Gasteiger partial charge in [0.1, 0.15) is 0 Å². The summed E-state index contributed by atoms with van der Waals surface area (Å²) in [6, 6.07) is 0.537. The second-order valence-corrected chi connectivity index (χ2v) is 4.65. The van der Waals surface area contributed by atoms with Crippen molar-refractivity contribution >= 4 is 0 Å². The van der Waals surface area contributed by atoms with Crippen molar-refractivity contribution in [3.63, 3.8) is 0 Å². The monoisotopic (exact) mass is 186 g/mol. The van der Waals surface area contributed by atoms with E-state index in [1.165, 1.54) is 6.42 Å². The molecule has 0 aliphatic heterocycles. The summed E-state index contributed by atoms with van der Waals surface area (Å²) in [5.74, 6) is 0. The number of hydrogen-bond acceptors (Lipinski definition) is 2. The van der Waals surface area contributed by atoms with Crippen LogP contribution in [0, 0.1) is 5.41 Å². The van der Waals surface area contributed by atoms with Gasteiger partial charge in [0.15, 0.2) is 0 Å². The van der Waals surface area contributed by atoms with Gasteiger partial charge in [-0.2, -0.15) is 0 Å². The van der Waals surface area contributed by atoms with E-state index in [1.54, 1.807) is 0 Å². The molecule has 0 bridgehead atoms. The van der Waals surface area contributed by atoms with Gasteiger partial charge in [0.05, 0.1) is 6.17 Å². The molecule has 13 heavy (non-hydrogen) atoms. The summed E-state index contributed by atoms with van der Waals surface area (Å²) in [7, 11) is 0. The zero-order valence-electron chi connectivity index (χ0n) is 10.1. The third kappa shape index (κ3) is 4.63. The Morgan fingerprint density at radius 1 is 1.15 bits per heavy atom. The maximum atomic E-state index is 3.56. The molecule has 0 rings (SSSR count). The van der Waals surface area contributed by atoms with Crippen LogP contribution in [0.25, 0.3) is 0 Å². The highest BCUT2D eigenvalue weighted by atomic mass is 15.1. The van der Waals surface area contributed by atoms with Gasteiger partial charge in [-0.1, -0.05) is 27.7 Å². The molecule has 0 heterocycles. The molecule has 0 spiro atoms. The summed E-state index contributed by atoms with van der Waals surface area (Å²) in [6.45, 7) is 14.4. The van der Waals surface area contributed by atoms with Gasteiger partial charge in [-0.05, 0) is 32.2 Å². The Hall–Kier alpha value is -0.0800. The molecule has 2 nitrogen and oxygen atoms in total. The molecular weight excluding hydrogens is 160 g/mol. The Balaban J connectivity index is 4.22. The summed E-state index contributed by atoms with van der Waals surface area (Å²) in [6.07, 6.45) is 1.60. The van der Waals surface area contributed by atoms with E-state index in [1.807, 2.05) is 0 Å². The van der Waals surface area contributed by atoms with Crippen molar-refractivity contribution < 1.29 is 0 Å². The highest BCUT2D eigenvalue weighted by Crippen LogP contribution is 2.23. The SMILES string of the molecule is CCNC(NC(C)C)C(C)(C)CC. The summed E-state index contributed by atoms with van der Waals surface area (Å²) < 4.78 is 0. The molecule has 80 valence electrons. The topological polar surface area (TPSA) is 24.1 Å². The molecule has 0 amide bonds. The molecule has 0 aromatic carbocycles. The lowest BCUT2D eigenvalue weighted by molar-refractivity contribution is 0.187. The summed E-state index contributed by atoms with van der Waals surface area (Å²) in [4.78, 5) is 0. The molecule has 0 aliphatic carbocycles. The van der Waals surface area contributed by atoms with E-state index in [-0.39, 0.29) is 0 Å². The summed E-state index contributed by atoms with van der Waals surface area (Å²) in [5.41, 5.74) is 0.320. The number of rotatable bonds is 6. The maximum Gasteiger partial charge on any atom is 0.0626 e. The normalized spacial score (nSPS) is 15.0. The number of nitrogens with one attached hydrogen (secondary N) is 2. The van der Waals surface area contributed by atoms with Crippen LogP contribution in [0.15, 0.2) is 0 Å². The van der Waals surface area contributed by atoms with Crippen LogP contribution >= 0.6 is 0 Å². The predicted molar refractivity (Wildman–Crippen MR) is 59.8 cm³/mol. The minimum atomic E-state index is 0.320. The summed E-state index contributed by atoms with van der Waals surface area (Å²) >= 11 is 0. The lowest BCUT2D eigenvalue weighted by Crippen LogP contribution is -2.54. The Bertz CT molecular complexity index is 130. The standard InChI is InChI=1S/C11H26N2/c1-7-11(5,6)10(12-8-2)13-9(3)4/h9-10,12-13H,7-8H2,1-6H3. The fourth-order valence-corrected chi connectivity index (χ4v) is 1.30. The molecule has 0 aromatic heterocycles. The van der Waals surface area contributed by atoms with Gasteiger partial charge in [-0.25, -0.2) is 0 Å². The minimum Gasteiger partial charge on any atom is -0.302 e. The Kier molecular flexibility index (Phi) is 5.57. The second kappa shape index (κ2) is 5.61. The van der Waals surface area contributed by atoms with E-state index in [0.717, 1.165) is 6.54 Å². The molecule has 0 radical (unpaired) electrons. The molecule has 2 N–H and O–H groups in total. The van der Waals surface area contributed by atoms with Crippen molar-refractivity contribution in [2.75, 3.05) is 6.54 Å². The van der Waals surface area contributed by atoms with E-state index in [9.17, 15) is 0 Å². The third-order valence-electron chi connectivity index (χ3n) is 2.60. The largest absolute Gasteiger partial charge is 0.302 e. The van der Waals surface area contributed by atoms with Crippen LogP contribution in [0.3, 0.4) is 0 Å². The Morgan fingerprint density at radius 2 is 1.69 bits per heavy atom. The first-order valence-corrected chi connectivity index (χ1v) is 5.43. The van der Waals surface area contributed by atoms with Crippen LogP contribution < -0.4 is 10.6 Å². The fourth-order valence-electron chi connectivity index (χ4n) is 1.30. The van der Waals surface area contributed by atoms with E-state index >= 15 is 0 Å². The van der Waals surface area contributed by atoms with Crippen molar-refractivity contribution in [3.8, 4) is 0 Å². The van der Waals surface area contributed by atoms with Crippen LogP contribution in [0.1, 0.15) is 48.0 Å². The zero-order chi connectivity index (χ0) is 10.5. The van der Waals surface area contributed by atoms with Gasteiger partial charge in [-0.3, -0.25) is 5.32 Å². The molecule has 0 saturated carbocycles. The second-order valence-electron chi connectivity index (χ2n) is 4.65. The molecule has 0 aromatic rings. The van der Waals surface area contributed by atoms with E-state index in [2.05, 4.69) is 52.2 Å². The van der Waals surface area contributed by atoms with Crippen LogP contribution in [-0.4, -0.2) is 18.8 Å². The molecule has 0 aliphatic rings. The molecule has 1 unspecified atom stereocenters. The van der Waals surface area contributed by atoms with Crippen LogP contribution in [0.4, 0.5) is 0 Å². The van der Waals surface area contributed by atoms with Crippen molar-refractivity contribution in [1.29, 1.82) is 0 Å². The van der Waals surface area contributed by atoms with Crippen molar-refractivity contribution in [1.82, 2.24) is 10.6 Å². The first kappa shape index (κ1) is 12.9. The average molecular weight is 186 g/mol. The smallest absolute Gasteiger partial charge is 0.0626 e. The van der Waals surface area contributed by atoms with E-state index < -0.39 is 0 Å². The minimum absolute atomic E-state index is 0.320. The first-order valence-electron chi connectivity index (χ1n) is 5.43. The fraction of sp³-hybridized carbons (Fsp3) is 1.00. The highest BCUT2D eigenvalue weighted by Gasteiger charge is 2.26. The number of hydrogen-bond donors (Lipinski definition) is 2. The highest BCUT2D eigenvalue weighted by molar-refractivity contribution is 4.81. The van der Waals surface area contributed by atoms with Crippen molar-refractivity contribution in [2.45, 2.75) is 60.2 Å². The van der Waals surface area contributed by atoms with Gasteiger partial charge in [0.2, 0.25) is 0 Å². The van der Waals surface area contributed by atoms with Crippen LogP contribution in [0.2, 0.25) is 0 Å². The van der Waals surface area contributed by atoms with Gasteiger partial charge >= 0.3 is 0 Å². The summed E-state index contributed by atoms with van der Waals surface area (Å²) in [5, 5.41) is 7.05. The molecule has 2 heteroatoms. The molecular formula is C11H26N2. The Morgan fingerprint density at radius 3 is 2.00 bits per heavy atom. The van der Waals surface area contributed by atoms with Gasteiger partial charge in [0.25, 0.3) is 0 Å². The molecule has 0 fully saturated rings. The predicted octanol–water partition coefficient (Wildman–Crippen LogP) is 2.36. The lowest BCUT2D eigenvalue weighted by Gasteiger charge is -2.36. The first-order chi connectivity index (χ1) is 5.94. The van der Waals surface area contributed by atoms with Gasteiger partial charge in [0, 0.05) is 6.04 Å². The third-order valence-corrected chi connectivity index (χ3v) is 2.60. The Labute approximate surface area is 83.5 Å². The van der Waals surface area contributed by atoms with Gasteiger partial charge < -0.3 is 5.32 Å². The van der Waals surface area contributed by atoms with Crippen LogP contribution in [-0.2, 0) is 0 Å². The average Bonchev–Trinajstić information content (AvgIpc) is 2.03. The molecule has 0 saturated heterocycles. The quantitative estimate of drug-likeness (QED) is 0.622. The van der Waals surface area contributed by atoms with Crippen molar-refractivity contribution in [2.24, 2.45) is 5.41 Å². The lowest BCUT2D eigenvalue weighted by atomic mass is 9.86.